The molecule has 5 nitrogen and oxygen atoms in total. The van der Waals surface area contributed by atoms with Crippen molar-refractivity contribution in [2.24, 2.45) is 0 Å². The van der Waals surface area contributed by atoms with Crippen molar-refractivity contribution in [3.63, 3.8) is 0 Å². The minimum absolute atomic E-state index is 0.0101. The Bertz CT molecular complexity index is 475. The van der Waals surface area contributed by atoms with Gasteiger partial charge in [-0.2, -0.15) is 4.39 Å². The van der Waals surface area contributed by atoms with Crippen LogP contribution in [0.4, 0.5) is 32.0 Å². The first-order chi connectivity index (χ1) is 8.13. The molecule has 0 amide bonds. The molecule has 0 atom stereocenters. The van der Waals surface area contributed by atoms with E-state index in [0.717, 1.165) is 0 Å². The summed E-state index contributed by atoms with van der Waals surface area (Å²) in [6.45, 7) is 0. The lowest BCUT2D eigenvalue weighted by Crippen LogP contribution is -2.19. The Labute approximate surface area is 94.1 Å². The third-order valence-electron chi connectivity index (χ3n) is 1.60. The smallest absolute Gasteiger partial charge is 0.397 e. The van der Waals surface area contributed by atoms with Crippen molar-refractivity contribution in [2.45, 2.75) is 12.8 Å². The number of rotatable bonds is 3. The molecule has 0 aromatic carbocycles. The first-order valence-electron chi connectivity index (χ1n) is 4.00. The number of nitrogens with zero attached hydrogens (tertiary/aromatic N) is 2. The van der Waals surface area contributed by atoms with Crippen LogP contribution in [0.2, 0.25) is 0 Å². The average Bonchev–Trinajstić information content (AvgIpc) is 2.13. The molecule has 1 heterocycles. The molecule has 0 aliphatic rings. The molecule has 1 aromatic heterocycles. The van der Waals surface area contributed by atoms with Crippen molar-refractivity contribution < 1.29 is 36.0 Å². The molecule has 0 N–H and O–H groups in total. The van der Waals surface area contributed by atoms with Crippen LogP contribution in [0.5, 0.6) is 5.75 Å². The van der Waals surface area contributed by atoms with E-state index in [1.807, 2.05) is 0 Å². The maximum Gasteiger partial charge on any atom is 0.573 e. The van der Waals surface area contributed by atoms with E-state index in [0.29, 0.717) is 0 Å². The summed E-state index contributed by atoms with van der Waals surface area (Å²) in [7, 11) is 0. The highest BCUT2D eigenvalue weighted by molar-refractivity contribution is 5.47. The van der Waals surface area contributed by atoms with Gasteiger partial charge in [0.1, 0.15) is 5.69 Å². The Kier molecular flexibility index (Phi) is 3.62. The first-order valence-corrected chi connectivity index (χ1v) is 4.00. The van der Waals surface area contributed by atoms with Crippen LogP contribution >= 0.6 is 0 Å². The number of nitro groups is 1. The van der Waals surface area contributed by atoms with E-state index in [9.17, 15) is 36.5 Å². The highest BCUT2D eigenvalue weighted by Crippen LogP contribution is 2.36. The lowest BCUT2D eigenvalue weighted by Gasteiger charge is -2.10. The van der Waals surface area contributed by atoms with Crippen LogP contribution in [0.25, 0.3) is 0 Å². The summed E-state index contributed by atoms with van der Waals surface area (Å²) in [6.07, 6.45) is -8.84. The Morgan fingerprint density at radius 2 is 1.94 bits per heavy atom. The zero-order valence-corrected chi connectivity index (χ0v) is 8.04. The number of alkyl halides is 5. The van der Waals surface area contributed by atoms with Crippen molar-refractivity contribution in [1.82, 2.24) is 4.98 Å². The van der Waals surface area contributed by atoms with Gasteiger partial charge in [0.15, 0.2) is 0 Å². The van der Waals surface area contributed by atoms with Gasteiger partial charge in [0.2, 0.25) is 11.6 Å². The molecule has 0 fully saturated rings. The van der Waals surface area contributed by atoms with E-state index in [1.165, 1.54) is 0 Å². The van der Waals surface area contributed by atoms with Crippen LogP contribution in [-0.2, 0) is 0 Å². The maximum absolute atomic E-state index is 13.2. The Balaban J connectivity index is 3.37. The summed E-state index contributed by atoms with van der Waals surface area (Å²) in [6, 6.07) is 0. The molecule has 1 aromatic rings. The Morgan fingerprint density at radius 1 is 1.39 bits per heavy atom. The molecule has 0 aliphatic carbocycles. The summed E-state index contributed by atoms with van der Waals surface area (Å²) in [5.74, 6) is -3.77. The standard InChI is InChI=1S/C7H2F6N2O3/c8-3-4(6(9)10)14-1-2(5(3)15(16)17)18-7(11,12)13/h1,6H. The van der Waals surface area contributed by atoms with Crippen molar-refractivity contribution in [2.75, 3.05) is 0 Å². The largest absolute Gasteiger partial charge is 0.573 e. The molecule has 11 heteroatoms. The highest BCUT2D eigenvalue weighted by Gasteiger charge is 2.38. The second-order valence-electron chi connectivity index (χ2n) is 2.78. The first kappa shape index (κ1) is 14.0. The number of aromatic nitrogens is 1. The quantitative estimate of drug-likeness (QED) is 0.483. The summed E-state index contributed by atoms with van der Waals surface area (Å²) < 4.78 is 76.1. The topological polar surface area (TPSA) is 65.3 Å². The minimum atomic E-state index is -5.34. The highest BCUT2D eigenvalue weighted by atomic mass is 19.4. The second-order valence-corrected chi connectivity index (χ2v) is 2.78. The lowest BCUT2D eigenvalue weighted by atomic mass is 10.3. The Morgan fingerprint density at radius 3 is 2.33 bits per heavy atom. The summed E-state index contributed by atoms with van der Waals surface area (Å²) in [4.78, 5) is 11.4. The second kappa shape index (κ2) is 4.66. The van der Waals surface area contributed by atoms with Gasteiger partial charge in [-0.25, -0.2) is 13.8 Å². The average molecular weight is 276 g/mol. The third-order valence-corrected chi connectivity index (χ3v) is 1.60. The SMILES string of the molecule is O=[N+]([O-])c1c(OC(F)(F)F)cnc(C(F)F)c1F. The fourth-order valence-corrected chi connectivity index (χ4v) is 0.997. The summed E-state index contributed by atoms with van der Waals surface area (Å²) >= 11 is 0. The molecule has 0 unspecified atom stereocenters. The van der Waals surface area contributed by atoms with E-state index in [2.05, 4.69) is 9.72 Å². The van der Waals surface area contributed by atoms with Gasteiger partial charge in [0.05, 0.1) is 11.1 Å². The molecule has 0 bridgehead atoms. The molecule has 0 radical (unpaired) electrons. The molecule has 0 saturated heterocycles. The van der Waals surface area contributed by atoms with Crippen molar-refractivity contribution in [3.8, 4) is 5.75 Å². The molecule has 18 heavy (non-hydrogen) atoms. The third kappa shape index (κ3) is 2.99. The maximum atomic E-state index is 13.2. The van der Waals surface area contributed by atoms with Crippen molar-refractivity contribution in [1.29, 1.82) is 0 Å². The predicted molar refractivity (Wildman–Crippen MR) is 42.5 cm³/mol. The van der Waals surface area contributed by atoms with Gasteiger partial charge in [-0.1, -0.05) is 0 Å². The summed E-state index contributed by atoms with van der Waals surface area (Å²) in [5.41, 5.74) is -3.48. The monoisotopic (exact) mass is 276 g/mol. The van der Waals surface area contributed by atoms with Gasteiger partial charge in [0, 0.05) is 0 Å². The van der Waals surface area contributed by atoms with E-state index in [-0.39, 0.29) is 6.20 Å². The van der Waals surface area contributed by atoms with Gasteiger partial charge < -0.3 is 4.74 Å². The number of hydrogen-bond donors (Lipinski definition) is 0. The molecule has 0 aliphatic heterocycles. The van der Waals surface area contributed by atoms with Crippen LogP contribution in [-0.4, -0.2) is 16.3 Å². The number of pyridine rings is 1. The molecule has 0 spiro atoms. The fourth-order valence-electron chi connectivity index (χ4n) is 0.997. The summed E-state index contributed by atoms with van der Waals surface area (Å²) in [5, 5.41) is 10.3. The van der Waals surface area contributed by atoms with Gasteiger partial charge in [-0.3, -0.25) is 10.1 Å². The van der Waals surface area contributed by atoms with Crippen molar-refractivity contribution >= 4 is 5.69 Å². The number of hydrogen-bond acceptors (Lipinski definition) is 4. The van der Waals surface area contributed by atoms with Crippen LogP contribution < -0.4 is 4.74 Å². The predicted octanol–water partition coefficient (Wildman–Crippen LogP) is 2.97. The normalized spacial score (nSPS) is 11.7. The molecule has 100 valence electrons. The van der Waals surface area contributed by atoms with E-state index >= 15 is 0 Å². The van der Waals surface area contributed by atoms with Crippen LogP contribution in [0.1, 0.15) is 12.1 Å². The van der Waals surface area contributed by atoms with Gasteiger partial charge >= 0.3 is 12.0 Å². The molecular formula is C7H2F6N2O3. The fraction of sp³-hybridized carbons (Fsp3) is 0.286. The van der Waals surface area contributed by atoms with Gasteiger partial charge in [-0.15, -0.1) is 13.2 Å². The number of halogens is 6. The minimum Gasteiger partial charge on any atom is -0.397 e. The zero-order chi connectivity index (χ0) is 14.1. The van der Waals surface area contributed by atoms with Crippen LogP contribution in [0, 0.1) is 15.9 Å². The van der Waals surface area contributed by atoms with Crippen LogP contribution in [0.15, 0.2) is 6.20 Å². The zero-order valence-electron chi connectivity index (χ0n) is 8.04. The van der Waals surface area contributed by atoms with Gasteiger partial charge in [0.25, 0.3) is 6.43 Å². The molecule has 1 rings (SSSR count). The van der Waals surface area contributed by atoms with E-state index in [4.69, 9.17) is 0 Å². The lowest BCUT2D eigenvalue weighted by molar-refractivity contribution is -0.391. The Hall–Kier alpha value is -2.07. The molecular weight excluding hydrogens is 274 g/mol. The van der Waals surface area contributed by atoms with Crippen molar-refractivity contribution in [3.05, 3.63) is 27.8 Å². The van der Waals surface area contributed by atoms with E-state index < -0.39 is 40.7 Å². The van der Waals surface area contributed by atoms with Gasteiger partial charge in [-0.05, 0) is 0 Å². The van der Waals surface area contributed by atoms with E-state index in [1.54, 1.807) is 0 Å². The van der Waals surface area contributed by atoms with Crippen LogP contribution in [0.3, 0.4) is 0 Å². The molecule has 0 saturated carbocycles. The number of ether oxygens (including phenoxy) is 1.